The Morgan fingerprint density at radius 3 is 2.42 bits per heavy atom. The highest BCUT2D eigenvalue weighted by molar-refractivity contribution is 6.05. The number of nitrogens with zero attached hydrogens (tertiary/aromatic N) is 1. The summed E-state index contributed by atoms with van der Waals surface area (Å²) in [4.78, 5) is 16.7. The first kappa shape index (κ1) is 19.6. The van der Waals surface area contributed by atoms with Crippen molar-refractivity contribution < 1.29 is 19.0 Å². The van der Waals surface area contributed by atoms with Gasteiger partial charge in [-0.25, -0.2) is 4.98 Å². The molecule has 6 nitrogen and oxygen atoms in total. The second kappa shape index (κ2) is 10.3. The summed E-state index contributed by atoms with van der Waals surface area (Å²) in [5.41, 5.74) is 1.01. The fraction of sp³-hybridized carbons (Fsp3) is 0.400. The number of hydrogen-bond acceptors (Lipinski definition) is 5. The molecule has 0 aliphatic heterocycles. The number of hydrogen-bond donors (Lipinski definition) is 1. The molecule has 0 spiro atoms. The van der Waals surface area contributed by atoms with Crippen molar-refractivity contribution >= 4 is 11.6 Å². The predicted molar refractivity (Wildman–Crippen MR) is 101 cm³/mol. The number of ether oxygens (including phenoxy) is 3. The van der Waals surface area contributed by atoms with Crippen molar-refractivity contribution in [1.82, 2.24) is 4.98 Å². The molecule has 26 heavy (non-hydrogen) atoms. The summed E-state index contributed by atoms with van der Waals surface area (Å²) in [6, 6.07) is 8.76. The second-order valence-corrected chi connectivity index (χ2v) is 5.60. The Hall–Kier alpha value is -2.76. The Morgan fingerprint density at radius 1 is 1.00 bits per heavy atom. The minimum absolute atomic E-state index is 0.287. The molecule has 140 valence electrons. The second-order valence-electron chi connectivity index (χ2n) is 5.60. The Bertz CT molecular complexity index is 719. The van der Waals surface area contributed by atoms with Crippen LogP contribution >= 0.6 is 0 Å². The Balaban J connectivity index is 2.19. The summed E-state index contributed by atoms with van der Waals surface area (Å²) < 4.78 is 16.9. The zero-order chi connectivity index (χ0) is 18.8. The van der Waals surface area contributed by atoms with Crippen LogP contribution < -0.4 is 19.5 Å². The van der Waals surface area contributed by atoms with Gasteiger partial charge in [-0.15, -0.1) is 0 Å². The van der Waals surface area contributed by atoms with Gasteiger partial charge in [-0.3, -0.25) is 4.79 Å². The van der Waals surface area contributed by atoms with Crippen molar-refractivity contribution in [3.05, 3.63) is 42.1 Å². The first-order valence-corrected chi connectivity index (χ1v) is 8.98. The Labute approximate surface area is 154 Å². The number of carbonyl (C=O) groups excluding carboxylic acids is 1. The number of pyridine rings is 1. The molecule has 0 aliphatic carbocycles. The average molecular weight is 358 g/mol. The van der Waals surface area contributed by atoms with Gasteiger partial charge in [0.15, 0.2) is 11.5 Å². The summed E-state index contributed by atoms with van der Waals surface area (Å²) in [5.74, 6) is 1.33. The fourth-order valence-electron chi connectivity index (χ4n) is 2.26. The normalized spacial score (nSPS) is 10.3. The molecule has 6 heteroatoms. The van der Waals surface area contributed by atoms with Crippen LogP contribution in [0.4, 0.5) is 5.69 Å². The molecule has 0 saturated heterocycles. The zero-order valence-corrected chi connectivity index (χ0v) is 15.6. The van der Waals surface area contributed by atoms with Gasteiger partial charge >= 0.3 is 0 Å². The van der Waals surface area contributed by atoms with Crippen LogP contribution in [0.3, 0.4) is 0 Å². The number of nitrogens with one attached hydrogen (secondary N) is 1. The maximum atomic E-state index is 12.6. The number of amides is 1. The van der Waals surface area contributed by atoms with Crippen molar-refractivity contribution in [2.24, 2.45) is 0 Å². The molecule has 1 amide bonds. The SMILES string of the molecule is CCCOc1ccc(NC(=O)c2cccnc2OCC)cc1OCCC. The largest absolute Gasteiger partial charge is 0.490 e. The molecule has 0 fully saturated rings. The fourth-order valence-corrected chi connectivity index (χ4v) is 2.26. The maximum Gasteiger partial charge on any atom is 0.261 e. The minimum Gasteiger partial charge on any atom is -0.490 e. The van der Waals surface area contributed by atoms with Gasteiger partial charge in [0.2, 0.25) is 5.88 Å². The highest BCUT2D eigenvalue weighted by Crippen LogP contribution is 2.31. The first-order chi connectivity index (χ1) is 12.7. The Kier molecular flexibility index (Phi) is 7.74. The van der Waals surface area contributed by atoms with Crippen molar-refractivity contribution in [2.45, 2.75) is 33.6 Å². The summed E-state index contributed by atoms with van der Waals surface area (Å²) in [7, 11) is 0. The Morgan fingerprint density at radius 2 is 1.73 bits per heavy atom. The van der Waals surface area contributed by atoms with Gasteiger partial charge in [0.05, 0.1) is 19.8 Å². The summed E-state index contributed by atoms with van der Waals surface area (Å²) in [6.07, 6.45) is 3.39. The van der Waals surface area contributed by atoms with Crippen molar-refractivity contribution in [3.63, 3.8) is 0 Å². The monoisotopic (exact) mass is 358 g/mol. The van der Waals surface area contributed by atoms with E-state index in [1.54, 1.807) is 30.5 Å². The van der Waals surface area contributed by atoms with Crippen molar-refractivity contribution in [3.8, 4) is 17.4 Å². The zero-order valence-electron chi connectivity index (χ0n) is 15.6. The quantitative estimate of drug-likeness (QED) is 0.685. The van der Waals surface area contributed by atoms with Crippen LogP contribution in [0.25, 0.3) is 0 Å². The van der Waals surface area contributed by atoms with E-state index in [-0.39, 0.29) is 5.91 Å². The third kappa shape index (κ3) is 5.37. The first-order valence-electron chi connectivity index (χ1n) is 8.98. The van der Waals surface area contributed by atoms with Gasteiger partial charge in [0.1, 0.15) is 5.56 Å². The minimum atomic E-state index is -0.287. The number of rotatable bonds is 10. The molecule has 2 aromatic rings. The van der Waals surface area contributed by atoms with Crippen molar-refractivity contribution in [1.29, 1.82) is 0 Å². The highest BCUT2D eigenvalue weighted by Gasteiger charge is 2.15. The van der Waals surface area contributed by atoms with Crippen LogP contribution in [0.15, 0.2) is 36.5 Å². The molecule has 1 aromatic carbocycles. The lowest BCUT2D eigenvalue weighted by Gasteiger charge is -2.14. The molecule has 0 aliphatic rings. The van der Waals surface area contributed by atoms with Crippen LogP contribution in [-0.4, -0.2) is 30.7 Å². The number of anilines is 1. The van der Waals surface area contributed by atoms with E-state index in [0.29, 0.717) is 48.5 Å². The third-order valence-corrected chi connectivity index (χ3v) is 3.42. The number of aromatic nitrogens is 1. The van der Waals surface area contributed by atoms with Gasteiger partial charge < -0.3 is 19.5 Å². The summed E-state index contributed by atoms with van der Waals surface area (Å²) >= 11 is 0. The molecule has 2 rings (SSSR count). The molecule has 0 unspecified atom stereocenters. The van der Waals surface area contributed by atoms with E-state index < -0.39 is 0 Å². The topological polar surface area (TPSA) is 69.7 Å². The standard InChI is InChI=1S/C20H26N2O4/c1-4-12-25-17-10-9-15(14-18(17)26-13-5-2)22-19(23)16-8-7-11-21-20(16)24-6-3/h7-11,14H,4-6,12-13H2,1-3H3,(H,22,23). The van der Waals surface area contributed by atoms with E-state index in [2.05, 4.69) is 10.3 Å². The molecule has 0 atom stereocenters. The van der Waals surface area contributed by atoms with Crippen LogP contribution in [0.1, 0.15) is 44.0 Å². The van der Waals surface area contributed by atoms with Crippen LogP contribution in [0, 0.1) is 0 Å². The van der Waals surface area contributed by atoms with Crippen LogP contribution in [0.5, 0.6) is 17.4 Å². The van der Waals surface area contributed by atoms with E-state index >= 15 is 0 Å². The van der Waals surface area contributed by atoms with Gasteiger partial charge in [-0.2, -0.15) is 0 Å². The summed E-state index contributed by atoms with van der Waals surface area (Å²) in [6.45, 7) is 7.57. The molecule has 1 aromatic heterocycles. The third-order valence-electron chi connectivity index (χ3n) is 3.42. The molecular weight excluding hydrogens is 332 g/mol. The highest BCUT2D eigenvalue weighted by atomic mass is 16.5. The summed E-state index contributed by atoms with van der Waals surface area (Å²) in [5, 5.41) is 2.86. The number of benzene rings is 1. The van der Waals surface area contributed by atoms with Gasteiger partial charge in [-0.05, 0) is 44.0 Å². The average Bonchev–Trinajstić information content (AvgIpc) is 2.66. The molecule has 0 bridgehead atoms. The van der Waals surface area contributed by atoms with Gasteiger partial charge in [0, 0.05) is 18.0 Å². The van der Waals surface area contributed by atoms with E-state index in [0.717, 1.165) is 12.8 Å². The molecule has 1 N–H and O–H groups in total. The smallest absolute Gasteiger partial charge is 0.261 e. The molecular formula is C20H26N2O4. The van der Waals surface area contributed by atoms with E-state index in [4.69, 9.17) is 14.2 Å². The lowest BCUT2D eigenvalue weighted by atomic mass is 10.2. The van der Waals surface area contributed by atoms with Crippen LogP contribution in [-0.2, 0) is 0 Å². The van der Waals surface area contributed by atoms with Gasteiger partial charge in [-0.1, -0.05) is 13.8 Å². The van der Waals surface area contributed by atoms with E-state index in [1.165, 1.54) is 0 Å². The maximum absolute atomic E-state index is 12.6. The van der Waals surface area contributed by atoms with Crippen LogP contribution in [0.2, 0.25) is 0 Å². The molecule has 1 heterocycles. The predicted octanol–water partition coefficient (Wildman–Crippen LogP) is 4.31. The van der Waals surface area contributed by atoms with E-state index in [1.807, 2.05) is 26.8 Å². The molecule has 0 radical (unpaired) electrons. The lowest BCUT2D eigenvalue weighted by Crippen LogP contribution is -2.14. The van der Waals surface area contributed by atoms with Gasteiger partial charge in [0.25, 0.3) is 5.91 Å². The lowest BCUT2D eigenvalue weighted by molar-refractivity contribution is 0.102. The number of carbonyl (C=O) groups is 1. The molecule has 0 saturated carbocycles. The van der Waals surface area contributed by atoms with E-state index in [9.17, 15) is 4.79 Å². The van der Waals surface area contributed by atoms with Crippen molar-refractivity contribution in [2.75, 3.05) is 25.1 Å².